The highest BCUT2D eigenvalue weighted by atomic mass is 32.2. The Labute approximate surface area is 52.6 Å². The highest BCUT2D eigenvalue weighted by Crippen LogP contribution is 2.00. The first-order chi connectivity index (χ1) is 3.77. The van der Waals surface area contributed by atoms with Gasteiger partial charge < -0.3 is 5.11 Å². The molecule has 46 valence electrons. The third kappa shape index (κ3) is 5.56. The largest absolute Gasteiger partial charge is 0.481 e. The van der Waals surface area contributed by atoms with Gasteiger partial charge in [0.25, 0.3) is 0 Å². The van der Waals surface area contributed by atoms with Crippen LogP contribution in [0.25, 0.3) is 0 Å². The van der Waals surface area contributed by atoms with Crippen molar-refractivity contribution in [1.29, 1.82) is 0 Å². The van der Waals surface area contributed by atoms with E-state index in [1.54, 1.807) is 5.41 Å². The number of carboxylic acid groups (broad SMARTS) is 1. The van der Waals surface area contributed by atoms with Gasteiger partial charge in [-0.25, -0.2) is 0 Å². The number of hydrogen-bond donors (Lipinski definition) is 1. The Morgan fingerprint density at radius 1 is 1.88 bits per heavy atom. The van der Waals surface area contributed by atoms with Crippen LogP contribution in [0.4, 0.5) is 0 Å². The van der Waals surface area contributed by atoms with E-state index in [4.69, 9.17) is 5.11 Å². The maximum Gasteiger partial charge on any atom is 0.304 e. The van der Waals surface area contributed by atoms with Crippen LogP contribution in [0.1, 0.15) is 6.42 Å². The lowest BCUT2D eigenvalue weighted by Gasteiger charge is -1.87. The van der Waals surface area contributed by atoms with E-state index in [9.17, 15) is 4.79 Å². The number of rotatable bonds is 4. The van der Waals surface area contributed by atoms with Crippen molar-refractivity contribution < 1.29 is 9.90 Å². The molecule has 0 saturated heterocycles. The third-order valence-electron chi connectivity index (χ3n) is 0.552. The molecule has 0 aromatic rings. The fourth-order valence-electron chi connectivity index (χ4n) is 0.230. The zero-order valence-corrected chi connectivity index (χ0v) is 5.28. The lowest BCUT2D eigenvalue weighted by molar-refractivity contribution is -0.136. The Bertz CT molecular complexity index is 90.4. The summed E-state index contributed by atoms with van der Waals surface area (Å²) < 4.78 is 0. The van der Waals surface area contributed by atoms with Gasteiger partial charge in [0.05, 0.1) is 6.42 Å². The standard InChI is InChI=1S/C5H8O2S/c1-2-8-4-3-5(6)7/h2H,1,3-4H2,(H,6,7). The van der Waals surface area contributed by atoms with E-state index in [1.807, 2.05) is 0 Å². The molecular formula is C5H8O2S. The van der Waals surface area contributed by atoms with Crippen molar-refractivity contribution in [3.8, 4) is 0 Å². The summed E-state index contributed by atoms with van der Waals surface area (Å²) >= 11 is 1.42. The van der Waals surface area contributed by atoms with Crippen LogP contribution in [0.3, 0.4) is 0 Å². The predicted molar refractivity (Wildman–Crippen MR) is 34.9 cm³/mol. The van der Waals surface area contributed by atoms with Gasteiger partial charge in [0.1, 0.15) is 0 Å². The summed E-state index contributed by atoms with van der Waals surface area (Å²) in [5.41, 5.74) is 0. The zero-order chi connectivity index (χ0) is 6.41. The lowest BCUT2D eigenvalue weighted by atomic mass is 10.5. The number of thioether (sulfide) groups is 1. The molecule has 0 radical (unpaired) electrons. The van der Waals surface area contributed by atoms with Crippen molar-refractivity contribution in [1.82, 2.24) is 0 Å². The van der Waals surface area contributed by atoms with Crippen LogP contribution in [0, 0.1) is 0 Å². The molecule has 8 heavy (non-hydrogen) atoms. The van der Waals surface area contributed by atoms with E-state index in [2.05, 4.69) is 6.58 Å². The summed E-state index contributed by atoms with van der Waals surface area (Å²) in [5, 5.41) is 9.73. The summed E-state index contributed by atoms with van der Waals surface area (Å²) in [6.07, 6.45) is 0.219. The molecule has 0 amide bonds. The van der Waals surface area contributed by atoms with Gasteiger partial charge in [0.2, 0.25) is 0 Å². The Morgan fingerprint density at radius 2 is 2.50 bits per heavy atom. The van der Waals surface area contributed by atoms with Crippen molar-refractivity contribution in [2.24, 2.45) is 0 Å². The number of aliphatic carboxylic acids is 1. The van der Waals surface area contributed by atoms with Gasteiger partial charge in [-0.3, -0.25) is 4.79 Å². The Balaban J connectivity index is 2.93. The summed E-state index contributed by atoms with van der Waals surface area (Å²) in [5.74, 6) is -0.127. The average Bonchev–Trinajstić information content (AvgIpc) is 1.66. The van der Waals surface area contributed by atoms with Crippen molar-refractivity contribution in [2.75, 3.05) is 5.75 Å². The normalized spacial score (nSPS) is 8.50. The van der Waals surface area contributed by atoms with Crippen LogP contribution in [0.2, 0.25) is 0 Å². The van der Waals surface area contributed by atoms with Gasteiger partial charge in [-0.2, -0.15) is 0 Å². The maximum atomic E-state index is 9.83. The molecule has 0 aliphatic carbocycles. The van der Waals surface area contributed by atoms with Crippen LogP contribution in [0.5, 0.6) is 0 Å². The highest BCUT2D eigenvalue weighted by Gasteiger charge is 1.92. The van der Waals surface area contributed by atoms with Gasteiger partial charge in [0, 0.05) is 5.75 Å². The number of carboxylic acids is 1. The SMILES string of the molecule is C=CSCCC(=O)O. The molecule has 0 aliphatic heterocycles. The number of carbonyl (C=O) groups is 1. The molecule has 0 spiro atoms. The topological polar surface area (TPSA) is 37.3 Å². The second kappa shape index (κ2) is 4.71. The minimum atomic E-state index is -0.751. The van der Waals surface area contributed by atoms with Crippen LogP contribution >= 0.6 is 11.8 Å². The van der Waals surface area contributed by atoms with Crippen LogP contribution in [0.15, 0.2) is 12.0 Å². The number of hydrogen-bond acceptors (Lipinski definition) is 2. The first-order valence-corrected chi connectivity index (χ1v) is 3.26. The minimum Gasteiger partial charge on any atom is -0.481 e. The second-order valence-electron chi connectivity index (χ2n) is 1.18. The fourth-order valence-corrected chi connectivity index (χ4v) is 0.689. The van der Waals surface area contributed by atoms with Crippen molar-refractivity contribution in [3.05, 3.63) is 12.0 Å². The van der Waals surface area contributed by atoms with E-state index < -0.39 is 5.97 Å². The quantitative estimate of drug-likeness (QED) is 0.586. The van der Waals surface area contributed by atoms with Gasteiger partial charge >= 0.3 is 5.97 Å². The van der Waals surface area contributed by atoms with Crippen LogP contribution in [-0.4, -0.2) is 16.8 Å². The molecule has 3 heteroatoms. The van der Waals surface area contributed by atoms with E-state index in [0.29, 0.717) is 5.75 Å². The van der Waals surface area contributed by atoms with Gasteiger partial charge in [-0.05, 0) is 5.41 Å². The zero-order valence-electron chi connectivity index (χ0n) is 4.46. The van der Waals surface area contributed by atoms with Crippen LogP contribution in [-0.2, 0) is 4.79 Å². The molecule has 0 saturated carbocycles. The lowest BCUT2D eigenvalue weighted by Crippen LogP contribution is -1.94. The molecule has 0 aromatic heterocycles. The van der Waals surface area contributed by atoms with E-state index in [0.717, 1.165) is 0 Å². The molecule has 1 N–H and O–H groups in total. The van der Waals surface area contributed by atoms with Crippen molar-refractivity contribution >= 4 is 17.7 Å². The summed E-state index contributed by atoms with van der Waals surface area (Å²) in [6.45, 7) is 3.43. The van der Waals surface area contributed by atoms with E-state index >= 15 is 0 Å². The molecule has 0 unspecified atom stereocenters. The van der Waals surface area contributed by atoms with Crippen molar-refractivity contribution in [2.45, 2.75) is 6.42 Å². The summed E-state index contributed by atoms with van der Waals surface area (Å²) in [6, 6.07) is 0. The molecule has 0 aliphatic rings. The molecule has 0 fully saturated rings. The summed E-state index contributed by atoms with van der Waals surface area (Å²) in [7, 11) is 0. The first kappa shape index (κ1) is 7.56. The molecule has 0 bridgehead atoms. The average molecular weight is 132 g/mol. The second-order valence-corrected chi connectivity index (χ2v) is 2.26. The van der Waals surface area contributed by atoms with Gasteiger partial charge in [-0.1, -0.05) is 6.58 Å². The molecule has 2 nitrogen and oxygen atoms in total. The molecular weight excluding hydrogens is 124 g/mol. The van der Waals surface area contributed by atoms with E-state index in [-0.39, 0.29) is 6.42 Å². The molecule has 0 atom stereocenters. The Kier molecular flexibility index (Phi) is 4.45. The predicted octanol–water partition coefficient (Wildman–Crippen LogP) is 1.34. The fraction of sp³-hybridized carbons (Fsp3) is 0.400. The Morgan fingerprint density at radius 3 is 2.88 bits per heavy atom. The van der Waals surface area contributed by atoms with E-state index in [1.165, 1.54) is 11.8 Å². The third-order valence-corrected chi connectivity index (χ3v) is 1.23. The molecule has 0 rings (SSSR count). The van der Waals surface area contributed by atoms with Gasteiger partial charge in [0.15, 0.2) is 0 Å². The maximum absolute atomic E-state index is 9.83. The molecule has 0 heterocycles. The smallest absolute Gasteiger partial charge is 0.304 e. The van der Waals surface area contributed by atoms with Gasteiger partial charge in [-0.15, -0.1) is 11.8 Å². The minimum absolute atomic E-state index is 0.219. The van der Waals surface area contributed by atoms with Crippen LogP contribution < -0.4 is 0 Å². The monoisotopic (exact) mass is 132 g/mol. The molecule has 0 aromatic carbocycles. The first-order valence-electron chi connectivity index (χ1n) is 2.21. The highest BCUT2D eigenvalue weighted by molar-refractivity contribution is 8.02. The van der Waals surface area contributed by atoms with Crippen molar-refractivity contribution in [3.63, 3.8) is 0 Å². The summed E-state index contributed by atoms with van der Waals surface area (Å²) in [4.78, 5) is 9.83. The Hall–Kier alpha value is -0.440.